The summed E-state index contributed by atoms with van der Waals surface area (Å²) >= 11 is 0. The lowest BCUT2D eigenvalue weighted by atomic mass is 10.0. The molecule has 1 aromatic carbocycles. The summed E-state index contributed by atoms with van der Waals surface area (Å²) in [4.78, 5) is 214. The highest BCUT2D eigenvalue weighted by Gasteiger charge is 2.36. The molecular weight excluding hydrogens is 1130 g/mol. The van der Waals surface area contributed by atoms with Gasteiger partial charge in [-0.15, -0.1) is 0 Å². The highest BCUT2D eigenvalue weighted by molar-refractivity contribution is 5.99. The molecule has 9 atom stereocenters. The fraction of sp³-hybridized carbons (Fsp3) is 0.521. The minimum absolute atomic E-state index is 0.247. The average molecular weight is 1200 g/mol. The van der Waals surface area contributed by atoms with Gasteiger partial charge in [-0.1, -0.05) is 30.3 Å². The zero-order valence-corrected chi connectivity index (χ0v) is 44.6. The molecule has 0 aliphatic carbocycles. The molecule has 21 N–H and O–H groups in total. The number of amides is 10. The molecule has 10 amide bonds. The summed E-state index contributed by atoms with van der Waals surface area (Å²) in [5.74, 6) is -23.8. The van der Waals surface area contributed by atoms with Crippen molar-refractivity contribution < 1.29 is 122 Å². The second kappa shape index (κ2) is 37.2. The highest BCUT2D eigenvalue weighted by Crippen LogP contribution is 2.11. The molecule has 0 heterocycles. The van der Waals surface area contributed by atoms with Gasteiger partial charge in [0.2, 0.25) is 59.1 Å². The number of benzene rings is 1. The predicted molar refractivity (Wildman–Crippen MR) is 276 cm³/mol. The Labute approximate surface area is 474 Å². The normalized spacial score (nSPS) is 13.9. The fourth-order valence-corrected chi connectivity index (χ4v) is 7.21. The molecule has 464 valence electrons. The van der Waals surface area contributed by atoms with Gasteiger partial charge in [-0.05, 0) is 44.1 Å². The number of nitrogens with two attached hydrogens (primary N) is 2. The van der Waals surface area contributed by atoms with Crippen LogP contribution in [-0.4, -0.2) is 209 Å². The van der Waals surface area contributed by atoms with Gasteiger partial charge in [0, 0.05) is 44.9 Å². The zero-order chi connectivity index (χ0) is 63.8. The summed E-state index contributed by atoms with van der Waals surface area (Å²) in [6.07, 6.45) is -10.8. The van der Waals surface area contributed by atoms with Gasteiger partial charge in [0.05, 0.1) is 19.6 Å². The Bertz CT molecular complexity index is 2590. The first-order valence-electron chi connectivity index (χ1n) is 25.3. The molecule has 0 bridgehead atoms. The molecule has 36 nitrogen and oxygen atoms in total. The van der Waals surface area contributed by atoms with Crippen LogP contribution in [0.2, 0.25) is 0 Å². The third-order valence-electron chi connectivity index (χ3n) is 11.6. The molecule has 0 fully saturated rings. The molecule has 0 spiro atoms. The largest absolute Gasteiger partial charge is 0.481 e. The second-order valence-corrected chi connectivity index (χ2v) is 18.3. The van der Waals surface area contributed by atoms with Gasteiger partial charge < -0.3 is 100 Å². The van der Waals surface area contributed by atoms with Crippen LogP contribution in [0.25, 0.3) is 0 Å². The van der Waals surface area contributed by atoms with E-state index in [1.54, 1.807) is 30.3 Å². The maximum Gasteiger partial charge on any atom is 0.326 e. The Hall–Kier alpha value is -9.87. The first-order valence-corrected chi connectivity index (χ1v) is 25.3. The van der Waals surface area contributed by atoms with Gasteiger partial charge in [0.25, 0.3) is 0 Å². The molecule has 84 heavy (non-hydrogen) atoms. The van der Waals surface area contributed by atoms with Crippen molar-refractivity contribution in [2.75, 3.05) is 13.2 Å². The van der Waals surface area contributed by atoms with E-state index in [0.29, 0.717) is 5.56 Å². The van der Waals surface area contributed by atoms with Crippen molar-refractivity contribution in [1.29, 1.82) is 0 Å². The number of carbonyl (C=O) groups is 17. The molecule has 0 aliphatic rings. The number of hydrogen-bond donors (Lipinski definition) is 19. The fourth-order valence-electron chi connectivity index (χ4n) is 7.21. The van der Waals surface area contributed by atoms with Gasteiger partial charge in [-0.3, -0.25) is 76.7 Å². The van der Waals surface area contributed by atoms with Crippen LogP contribution in [0, 0.1) is 0 Å². The predicted octanol–water partition coefficient (Wildman–Crippen LogP) is -7.31. The Morgan fingerprint density at radius 2 is 0.679 bits per heavy atom. The Morgan fingerprint density at radius 1 is 0.381 bits per heavy atom. The zero-order valence-electron chi connectivity index (χ0n) is 44.6. The number of nitrogens with one attached hydrogen (secondary N) is 9. The second-order valence-electron chi connectivity index (χ2n) is 18.3. The number of aliphatic hydroxyl groups is 1. The van der Waals surface area contributed by atoms with Gasteiger partial charge >= 0.3 is 41.8 Å². The lowest BCUT2D eigenvalue weighted by molar-refractivity contribution is -0.144. The van der Waals surface area contributed by atoms with Crippen LogP contribution in [0.1, 0.15) is 89.0 Å². The maximum atomic E-state index is 13.9. The summed E-state index contributed by atoms with van der Waals surface area (Å²) in [7, 11) is 0. The highest BCUT2D eigenvalue weighted by atomic mass is 16.4. The summed E-state index contributed by atoms with van der Waals surface area (Å²) in [5, 5.41) is 93.6. The van der Waals surface area contributed by atoms with E-state index in [4.69, 9.17) is 21.7 Å². The van der Waals surface area contributed by atoms with E-state index in [0.717, 1.165) is 0 Å². The summed E-state index contributed by atoms with van der Waals surface area (Å²) in [6.45, 7) is -1.95. The molecule has 0 saturated heterocycles. The smallest absolute Gasteiger partial charge is 0.326 e. The van der Waals surface area contributed by atoms with Gasteiger partial charge in [-0.25, -0.2) is 4.79 Å². The van der Waals surface area contributed by atoms with Crippen molar-refractivity contribution in [3.8, 4) is 0 Å². The van der Waals surface area contributed by atoms with Crippen LogP contribution in [0.4, 0.5) is 0 Å². The van der Waals surface area contributed by atoms with Crippen molar-refractivity contribution in [2.24, 2.45) is 11.5 Å². The quantitative estimate of drug-likeness (QED) is 0.0289. The number of carboxylic acids is 7. The summed E-state index contributed by atoms with van der Waals surface area (Å²) in [6, 6.07) is -8.79. The molecule has 0 saturated carbocycles. The van der Waals surface area contributed by atoms with E-state index in [9.17, 15) is 112 Å². The van der Waals surface area contributed by atoms with Crippen LogP contribution >= 0.6 is 0 Å². The molecule has 0 radical (unpaired) electrons. The van der Waals surface area contributed by atoms with Crippen molar-refractivity contribution in [1.82, 2.24) is 47.9 Å². The van der Waals surface area contributed by atoms with E-state index in [2.05, 4.69) is 26.6 Å². The molecule has 0 unspecified atom stereocenters. The number of aliphatic hydroxyl groups excluding tert-OH is 1. The lowest BCUT2D eigenvalue weighted by Crippen LogP contribution is -2.60. The SMILES string of the molecule is NC(=O)C[C@H](NC(=O)[C@H](CCC(=O)O)NC(=O)[C@H](CCC(=O)O)NC(=O)[C@H](CCC(=O)O)NC(=O)[C@H](Cc1ccccc1)NC(=O)[C@@H](N)CO)C(=O)N[C@@H](CCC(=O)O)C(=O)NCC(=O)N[C@@H](CCC(=O)O)C(=O)N[C@@H](CCC(=O)O)C(=O)O. The van der Waals surface area contributed by atoms with Crippen LogP contribution in [0.5, 0.6) is 0 Å². The van der Waals surface area contributed by atoms with Gasteiger partial charge in [-0.2, -0.15) is 0 Å². The Kier molecular flexibility index (Phi) is 32.0. The van der Waals surface area contributed by atoms with Crippen LogP contribution in [0.15, 0.2) is 30.3 Å². The topological polar surface area (TPSA) is 612 Å². The lowest BCUT2D eigenvalue weighted by Gasteiger charge is -2.27. The van der Waals surface area contributed by atoms with E-state index in [-0.39, 0.29) is 6.42 Å². The molecule has 0 aromatic heterocycles. The number of primary amides is 1. The molecule has 1 aromatic rings. The number of carboxylic acid groups (broad SMARTS) is 7. The van der Waals surface area contributed by atoms with Crippen LogP contribution in [0.3, 0.4) is 0 Å². The standard InChI is InChI=1S/C48H67N11O25/c49-23(21-60)40(75)58-30(18-22-4-2-1-3-5-22)46(81)56-27(9-15-37(69)70)44(79)54-26(8-14-36(67)68)43(78)55-28(10-16-38(71)72)45(80)59-31(19-32(50)61)47(82)53-24(6-12-34(63)64)41(76)51-20-33(62)52-25(7-13-35(65)66)42(77)57-29(48(83)84)11-17-39(73)74/h1-5,23-31,60H,6-21,49H2,(H2,50,61)(H,51,76)(H,52,62)(H,53,82)(H,54,79)(H,55,78)(H,56,81)(H,57,77)(H,58,75)(H,59,80)(H,63,64)(H,65,66)(H,67,68)(H,69,70)(H,71,72)(H,73,74)(H,83,84)/t23-,24-,25-,26-,27-,28-,29-,30-,31-/m0/s1. The van der Waals surface area contributed by atoms with E-state index in [1.807, 2.05) is 21.3 Å². The molecule has 36 heteroatoms. The van der Waals surface area contributed by atoms with Crippen LogP contribution in [-0.2, 0) is 87.9 Å². The Balaban J connectivity index is 3.52. The molecule has 1 rings (SSSR count). The maximum absolute atomic E-state index is 13.9. The minimum atomic E-state index is -2.16. The van der Waals surface area contributed by atoms with Crippen molar-refractivity contribution in [2.45, 2.75) is 144 Å². The third-order valence-corrected chi connectivity index (χ3v) is 11.6. The number of rotatable bonds is 42. The van der Waals surface area contributed by atoms with Gasteiger partial charge in [0.1, 0.15) is 54.4 Å². The van der Waals surface area contributed by atoms with Gasteiger partial charge in [0.15, 0.2) is 0 Å². The van der Waals surface area contributed by atoms with Crippen LogP contribution < -0.4 is 59.3 Å². The minimum Gasteiger partial charge on any atom is -0.481 e. The van der Waals surface area contributed by atoms with E-state index in [1.165, 1.54) is 0 Å². The van der Waals surface area contributed by atoms with E-state index < -0.39 is 252 Å². The first kappa shape index (κ1) is 72.1. The van der Waals surface area contributed by atoms with Crippen molar-refractivity contribution >= 4 is 101 Å². The number of carbonyl (C=O) groups excluding carboxylic acids is 10. The summed E-state index contributed by atoms with van der Waals surface area (Å²) < 4.78 is 0. The van der Waals surface area contributed by atoms with Crippen molar-refractivity contribution in [3.05, 3.63) is 35.9 Å². The number of hydrogen-bond acceptors (Lipinski definition) is 19. The first-order chi connectivity index (χ1) is 39.3. The summed E-state index contributed by atoms with van der Waals surface area (Å²) in [5.41, 5.74) is 11.4. The third kappa shape index (κ3) is 29.6. The average Bonchev–Trinajstić information content (AvgIpc) is 3.55. The number of aliphatic carboxylic acids is 7. The Morgan fingerprint density at radius 3 is 1.02 bits per heavy atom. The molecular formula is C48H67N11O25. The van der Waals surface area contributed by atoms with Crippen molar-refractivity contribution in [3.63, 3.8) is 0 Å². The monoisotopic (exact) mass is 1200 g/mol. The molecule has 0 aliphatic heterocycles. The van der Waals surface area contributed by atoms with E-state index >= 15 is 0 Å².